The Balaban J connectivity index is 0.000000347. The number of aliphatic imine (C=N–C) groups is 1. The molecule has 0 N–H and O–H groups in total. The van der Waals surface area contributed by atoms with E-state index in [4.69, 9.17) is 4.99 Å². The first-order valence-corrected chi connectivity index (χ1v) is 11.4. The molecule has 33 heavy (non-hydrogen) atoms. The van der Waals surface area contributed by atoms with Crippen LogP contribution >= 0.6 is 7.81 Å². The van der Waals surface area contributed by atoms with Crippen LogP contribution in [-0.2, 0) is 17.1 Å². The van der Waals surface area contributed by atoms with Crippen LogP contribution in [-0.4, -0.2) is 5.71 Å². The van der Waals surface area contributed by atoms with Crippen LogP contribution in [0.5, 0.6) is 0 Å². The number of benzene rings is 3. The van der Waals surface area contributed by atoms with Crippen LogP contribution < -0.4 is 0 Å². The van der Waals surface area contributed by atoms with Crippen molar-refractivity contribution >= 4 is 19.2 Å². The fourth-order valence-electron chi connectivity index (χ4n) is 2.44. The topological polar surface area (TPSA) is 12.4 Å². The average molecular weight is 523 g/mol. The third-order valence-corrected chi connectivity index (χ3v) is 3.65. The minimum Gasteiger partial charge on any atom is -0.248 e. The maximum absolute atomic E-state index is 10.7. The summed E-state index contributed by atoms with van der Waals surface area (Å²) < 4.78 is 59.2. The standard InChI is InChI=1S/C19H15N.C5H5.F6P.Fe/c1-4-10-16(11-5-1)19(17-12-6-2-7-13-17)20-18-14-8-3-9-15-18;1-2-4-5-3-1;1-7(2,3,4,5)6;/h1-15H;1-5H;;/q;;-1;+2. The van der Waals surface area contributed by atoms with Gasteiger partial charge in [-0.2, -0.15) is 0 Å². The van der Waals surface area contributed by atoms with E-state index in [1.54, 1.807) is 0 Å². The van der Waals surface area contributed by atoms with Gasteiger partial charge in [-0.25, -0.2) is 4.99 Å². The molecule has 0 atom stereocenters. The van der Waals surface area contributed by atoms with Crippen LogP contribution in [0.4, 0.5) is 30.9 Å². The average Bonchev–Trinajstić information content (AvgIpc) is 3.32. The normalized spacial score (nSPS) is 14.6. The molecule has 0 bridgehead atoms. The number of hydrogen-bond donors (Lipinski definition) is 0. The number of nitrogens with zero attached hydrogens (tertiary/aromatic N) is 1. The molecular formula is C24H20F6FeNP+. The zero-order chi connectivity index (χ0) is 23.6. The Morgan fingerprint density at radius 3 is 1.06 bits per heavy atom. The third-order valence-electron chi connectivity index (χ3n) is 3.65. The van der Waals surface area contributed by atoms with E-state index in [0.717, 1.165) is 22.5 Å². The van der Waals surface area contributed by atoms with Crippen molar-refractivity contribution in [3.63, 3.8) is 0 Å². The fourth-order valence-corrected chi connectivity index (χ4v) is 2.44. The first-order valence-electron chi connectivity index (χ1n) is 9.36. The summed E-state index contributed by atoms with van der Waals surface area (Å²) in [6, 6.07) is 30.6. The van der Waals surface area contributed by atoms with Gasteiger partial charge in [0.25, 0.3) is 0 Å². The van der Waals surface area contributed by atoms with Crippen molar-refractivity contribution < 1.29 is 42.3 Å². The van der Waals surface area contributed by atoms with Crippen LogP contribution in [0.15, 0.2) is 96.0 Å². The van der Waals surface area contributed by atoms with E-state index in [1.165, 1.54) is 0 Å². The smallest absolute Gasteiger partial charge is 0.248 e. The number of hydrogen-bond acceptors (Lipinski definition) is 1. The minimum absolute atomic E-state index is 0. The molecule has 0 heterocycles. The second-order valence-electron chi connectivity index (χ2n) is 6.45. The molecule has 5 radical (unpaired) electrons. The van der Waals surface area contributed by atoms with Gasteiger partial charge >= 0.3 is 50.1 Å². The van der Waals surface area contributed by atoms with Gasteiger partial charge in [0, 0.05) is 11.1 Å². The molecule has 1 fully saturated rings. The van der Waals surface area contributed by atoms with E-state index in [9.17, 15) is 25.2 Å². The second kappa shape index (κ2) is 11.8. The minimum atomic E-state index is -10.7. The summed E-state index contributed by atoms with van der Waals surface area (Å²) in [6.45, 7) is 0. The molecule has 0 spiro atoms. The molecule has 175 valence electrons. The number of rotatable bonds is 3. The molecule has 9 heteroatoms. The van der Waals surface area contributed by atoms with Crippen LogP contribution in [0.25, 0.3) is 0 Å². The molecule has 1 aliphatic carbocycles. The molecule has 1 saturated carbocycles. The van der Waals surface area contributed by atoms with E-state index >= 15 is 0 Å². The first-order chi connectivity index (χ1) is 14.9. The molecule has 4 rings (SSSR count). The predicted octanol–water partition coefficient (Wildman–Crippen LogP) is 9.26. The molecule has 0 aromatic heterocycles. The molecule has 1 nitrogen and oxygen atoms in total. The Hall–Kier alpha value is -2.14. The van der Waals surface area contributed by atoms with Gasteiger partial charge in [0.05, 0.1) is 11.4 Å². The predicted molar refractivity (Wildman–Crippen MR) is 120 cm³/mol. The molecule has 0 aliphatic heterocycles. The Kier molecular flexibility index (Phi) is 10.4. The van der Waals surface area contributed by atoms with Crippen LogP contribution in [0.1, 0.15) is 11.1 Å². The van der Waals surface area contributed by atoms with Crippen LogP contribution in [0, 0.1) is 32.1 Å². The maximum Gasteiger partial charge on any atom is 2.00 e. The summed E-state index contributed by atoms with van der Waals surface area (Å²) in [7, 11) is -10.7. The van der Waals surface area contributed by atoms with Crippen LogP contribution in [0.2, 0.25) is 0 Å². The molecule has 0 unspecified atom stereocenters. The number of para-hydroxylation sites is 1. The van der Waals surface area contributed by atoms with E-state index < -0.39 is 7.81 Å². The third kappa shape index (κ3) is 15.3. The van der Waals surface area contributed by atoms with Crippen molar-refractivity contribution in [1.29, 1.82) is 0 Å². The summed E-state index contributed by atoms with van der Waals surface area (Å²) in [6.07, 6.45) is 10.0. The van der Waals surface area contributed by atoms with E-state index in [2.05, 4.69) is 24.3 Å². The van der Waals surface area contributed by atoms with Gasteiger partial charge in [-0.15, -0.1) is 0 Å². The fraction of sp³-hybridized carbons (Fsp3) is 0. The Labute approximate surface area is 200 Å². The monoisotopic (exact) mass is 523 g/mol. The Morgan fingerprint density at radius 2 is 0.758 bits per heavy atom. The summed E-state index contributed by atoms with van der Waals surface area (Å²) >= 11 is 0. The van der Waals surface area contributed by atoms with Crippen molar-refractivity contribution in [2.24, 2.45) is 4.99 Å². The van der Waals surface area contributed by atoms with Gasteiger partial charge in [-0.1, -0.05) is 78.9 Å². The molecule has 3 aromatic rings. The van der Waals surface area contributed by atoms with Gasteiger partial charge in [0.15, 0.2) is 0 Å². The second-order valence-corrected chi connectivity index (χ2v) is 8.37. The van der Waals surface area contributed by atoms with Crippen LogP contribution in [0.3, 0.4) is 0 Å². The van der Waals surface area contributed by atoms with Crippen molar-refractivity contribution in [1.82, 2.24) is 0 Å². The largest absolute Gasteiger partial charge is 2.00 e. The first kappa shape index (κ1) is 28.9. The van der Waals surface area contributed by atoms with E-state index in [-0.39, 0.29) is 17.1 Å². The zero-order valence-electron chi connectivity index (χ0n) is 17.1. The molecule has 3 aromatic carbocycles. The van der Waals surface area contributed by atoms with Crippen molar-refractivity contribution in [3.8, 4) is 0 Å². The van der Waals surface area contributed by atoms with Gasteiger partial charge in [-0.05, 0) is 44.2 Å². The Bertz CT molecular complexity index is 915. The molecular weight excluding hydrogens is 503 g/mol. The molecule has 1 aliphatic rings. The van der Waals surface area contributed by atoms with Crippen molar-refractivity contribution in [3.05, 3.63) is 134 Å². The Morgan fingerprint density at radius 1 is 0.485 bits per heavy atom. The SMILES string of the molecule is F[P-](F)(F)(F)(F)F.[CH]1[CH][CH][CH][CH]1.[Fe+2].c1ccc(N=C(c2ccccc2)c2ccccc2)cc1. The molecule has 0 amide bonds. The summed E-state index contributed by atoms with van der Waals surface area (Å²) in [4.78, 5) is 4.82. The van der Waals surface area contributed by atoms with Gasteiger partial charge in [0.1, 0.15) is 0 Å². The summed E-state index contributed by atoms with van der Waals surface area (Å²) in [5.74, 6) is 0. The number of halogens is 6. The van der Waals surface area contributed by atoms with Crippen molar-refractivity contribution in [2.45, 2.75) is 0 Å². The molecule has 0 saturated heterocycles. The van der Waals surface area contributed by atoms with E-state index in [1.807, 2.05) is 98.8 Å². The van der Waals surface area contributed by atoms with Crippen molar-refractivity contribution in [2.75, 3.05) is 0 Å². The maximum atomic E-state index is 9.87. The van der Waals surface area contributed by atoms with Gasteiger partial charge in [0.2, 0.25) is 0 Å². The van der Waals surface area contributed by atoms with Gasteiger partial charge in [-0.3, -0.25) is 0 Å². The summed E-state index contributed by atoms with van der Waals surface area (Å²) in [5, 5.41) is 0. The summed E-state index contributed by atoms with van der Waals surface area (Å²) in [5.41, 5.74) is 4.22. The zero-order valence-corrected chi connectivity index (χ0v) is 19.1. The van der Waals surface area contributed by atoms with Gasteiger partial charge < -0.3 is 0 Å². The van der Waals surface area contributed by atoms with E-state index in [0.29, 0.717) is 0 Å². The quantitative estimate of drug-likeness (QED) is 0.141.